The van der Waals surface area contributed by atoms with Crippen molar-refractivity contribution in [2.24, 2.45) is 5.92 Å². The molecule has 10 heteroatoms. The minimum absolute atomic E-state index is 0.00814. The molecule has 2 aliphatic heterocycles. The summed E-state index contributed by atoms with van der Waals surface area (Å²) >= 11 is 0. The highest BCUT2D eigenvalue weighted by Gasteiger charge is 2.43. The molecule has 0 saturated carbocycles. The second-order valence-electron chi connectivity index (χ2n) is 7.07. The number of fused-ring (bicyclic) bond motifs is 1. The van der Waals surface area contributed by atoms with Gasteiger partial charge in [-0.2, -0.15) is 0 Å². The van der Waals surface area contributed by atoms with Gasteiger partial charge in [-0.25, -0.2) is 21.1 Å². The molecule has 1 fully saturated rings. The summed E-state index contributed by atoms with van der Waals surface area (Å²) in [6, 6.07) is 11.2. The second-order valence-corrected chi connectivity index (χ2v) is 10.8. The summed E-state index contributed by atoms with van der Waals surface area (Å²) in [6.07, 6.45) is 0.577. The van der Waals surface area contributed by atoms with E-state index in [4.69, 9.17) is 4.74 Å². The Bertz CT molecular complexity index is 1210. The highest BCUT2D eigenvalue weighted by molar-refractivity contribution is 7.94. The van der Waals surface area contributed by atoms with Crippen molar-refractivity contribution >= 4 is 37.3 Å². The van der Waals surface area contributed by atoms with E-state index in [1.54, 1.807) is 12.1 Å². The number of ether oxygens (including phenoxy) is 1. The van der Waals surface area contributed by atoms with Crippen LogP contribution in [0.25, 0.3) is 0 Å². The van der Waals surface area contributed by atoms with Crippen molar-refractivity contribution in [2.45, 2.75) is 18.2 Å². The fourth-order valence-corrected chi connectivity index (χ4v) is 7.25. The van der Waals surface area contributed by atoms with E-state index in [2.05, 4.69) is 0 Å². The normalized spacial score (nSPS) is 20.8. The van der Waals surface area contributed by atoms with Gasteiger partial charge in [0.2, 0.25) is 15.9 Å². The zero-order valence-electron chi connectivity index (χ0n) is 15.9. The monoisotopic (exact) mass is 436 g/mol. The summed E-state index contributed by atoms with van der Waals surface area (Å²) in [5, 5.41) is 0. The largest absolute Gasteiger partial charge is 0.495 e. The summed E-state index contributed by atoms with van der Waals surface area (Å²) in [5.74, 6) is -1.49. The molecular weight excluding hydrogens is 416 g/mol. The third-order valence-electron chi connectivity index (χ3n) is 5.15. The number of sulfonamides is 2. The molecule has 0 spiro atoms. The van der Waals surface area contributed by atoms with Crippen LogP contribution in [0.4, 0.5) is 11.4 Å². The Labute approximate surface area is 169 Å². The van der Waals surface area contributed by atoms with Crippen LogP contribution in [0.15, 0.2) is 47.4 Å². The van der Waals surface area contributed by atoms with Crippen LogP contribution in [0, 0.1) is 5.92 Å². The molecule has 0 radical (unpaired) electrons. The van der Waals surface area contributed by atoms with Crippen LogP contribution in [0.1, 0.15) is 12.5 Å². The number of nitrogens with zero attached hydrogens (tertiary/aromatic N) is 2. The summed E-state index contributed by atoms with van der Waals surface area (Å²) in [6.45, 7) is 1.80. The molecule has 2 aromatic carbocycles. The van der Waals surface area contributed by atoms with Crippen LogP contribution < -0.4 is 13.3 Å². The molecule has 1 amide bonds. The smallest absolute Gasteiger partial charge is 0.268 e. The van der Waals surface area contributed by atoms with Gasteiger partial charge in [0.15, 0.2) is 0 Å². The minimum Gasteiger partial charge on any atom is -0.495 e. The lowest BCUT2D eigenvalue weighted by Gasteiger charge is -2.23. The number of carbonyl (C=O) groups excluding carboxylic acids is 1. The molecule has 0 aromatic heterocycles. The first-order chi connectivity index (χ1) is 13.7. The van der Waals surface area contributed by atoms with Gasteiger partial charge in [0.1, 0.15) is 10.6 Å². The van der Waals surface area contributed by atoms with E-state index < -0.39 is 31.9 Å². The Morgan fingerprint density at radius 2 is 1.86 bits per heavy atom. The Morgan fingerprint density at radius 1 is 1.14 bits per heavy atom. The molecule has 1 atom stereocenters. The van der Waals surface area contributed by atoms with Crippen molar-refractivity contribution < 1.29 is 26.4 Å². The highest BCUT2D eigenvalue weighted by Crippen LogP contribution is 2.38. The number of methoxy groups -OCH3 is 1. The van der Waals surface area contributed by atoms with E-state index in [1.807, 2.05) is 12.1 Å². The molecule has 0 N–H and O–H groups in total. The molecule has 1 saturated heterocycles. The molecular formula is C19H20N2O6S2. The topological polar surface area (TPSA) is 101 Å². The molecule has 0 unspecified atom stereocenters. The molecule has 2 aromatic rings. The summed E-state index contributed by atoms with van der Waals surface area (Å²) in [7, 11) is -6.55. The van der Waals surface area contributed by atoms with E-state index in [0.29, 0.717) is 16.4 Å². The zero-order chi connectivity index (χ0) is 21.0. The predicted octanol–water partition coefficient (Wildman–Crippen LogP) is 1.76. The van der Waals surface area contributed by atoms with Crippen LogP contribution in [0.5, 0.6) is 5.75 Å². The Morgan fingerprint density at radius 3 is 2.52 bits per heavy atom. The van der Waals surface area contributed by atoms with E-state index in [0.717, 1.165) is 5.56 Å². The van der Waals surface area contributed by atoms with Gasteiger partial charge >= 0.3 is 0 Å². The van der Waals surface area contributed by atoms with Crippen molar-refractivity contribution in [3.63, 3.8) is 0 Å². The fourth-order valence-electron chi connectivity index (χ4n) is 3.76. The Hall–Kier alpha value is -2.59. The maximum Gasteiger partial charge on any atom is 0.268 e. The van der Waals surface area contributed by atoms with Gasteiger partial charge in [0, 0.05) is 6.54 Å². The minimum atomic E-state index is -4.04. The number of benzene rings is 2. The van der Waals surface area contributed by atoms with Crippen LogP contribution in [-0.4, -0.2) is 42.2 Å². The average molecular weight is 437 g/mol. The Kier molecular flexibility index (Phi) is 4.58. The number of hydrogen-bond donors (Lipinski definition) is 0. The van der Waals surface area contributed by atoms with E-state index in [1.165, 1.54) is 36.5 Å². The molecule has 0 aliphatic carbocycles. The van der Waals surface area contributed by atoms with Crippen LogP contribution in [0.3, 0.4) is 0 Å². The van der Waals surface area contributed by atoms with Crippen molar-refractivity contribution in [1.82, 2.24) is 0 Å². The molecule has 29 heavy (non-hydrogen) atoms. The third-order valence-corrected chi connectivity index (χ3v) is 8.86. The maximum atomic E-state index is 13.4. The standard InChI is InChI=1S/C19H20N2O6S2/c1-13-12-28(23,24)21(19(13)22)15-7-8-17(27-2)18(11-15)29(25,26)20-10-9-14-5-3-4-6-16(14)20/h3-8,11,13H,9-10,12H2,1-2H3/t13-/m0/s1. The SMILES string of the molecule is COc1ccc(N2C(=O)[C@@H](C)CS2(=O)=O)cc1S(=O)(=O)N1CCc2ccccc21. The summed E-state index contributed by atoms with van der Waals surface area (Å²) < 4.78 is 59.0. The molecule has 8 nitrogen and oxygen atoms in total. The summed E-state index contributed by atoms with van der Waals surface area (Å²) in [4.78, 5) is 12.2. The van der Waals surface area contributed by atoms with Gasteiger partial charge in [-0.05, 0) is 36.2 Å². The van der Waals surface area contributed by atoms with Crippen molar-refractivity contribution in [3.8, 4) is 5.75 Å². The van der Waals surface area contributed by atoms with Crippen molar-refractivity contribution in [2.75, 3.05) is 28.0 Å². The lowest BCUT2D eigenvalue weighted by atomic mass is 10.2. The summed E-state index contributed by atoms with van der Waals surface area (Å²) in [5.41, 5.74) is 1.49. The maximum absolute atomic E-state index is 13.4. The third kappa shape index (κ3) is 3.06. The number of rotatable bonds is 4. The first-order valence-corrected chi connectivity index (χ1v) is 12.1. The number of para-hydroxylation sites is 1. The lowest BCUT2D eigenvalue weighted by molar-refractivity contribution is -0.119. The predicted molar refractivity (Wildman–Crippen MR) is 108 cm³/mol. The van der Waals surface area contributed by atoms with Crippen molar-refractivity contribution in [1.29, 1.82) is 0 Å². The van der Waals surface area contributed by atoms with Gasteiger partial charge in [0.05, 0.1) is 30.2 Å². The van der Waals surface area contributed by atoms with Gasteiger partial charge in [0.25, 0.3) is 10.0 Å². The van der Waals surface area contributed by atoms with Crippen LogP contribution in [-0.2, 0) is 31.3 Å². The number of amides is 1. The first kappa shape index (κ1) is 19.7. The van der Waals surface area contributed by atoms with Gasteiger partial charge in [-0.15, -0.1) is 0 Å². The fraction of sp³-hybridized carbons (Fsp3) is 0.316. The first-order valence-electron chi connectivity index (χ1n) is 9.02. The molecule has 0 bridgehead atoms. The molecule has 2 heterocycles. The molecule has 4 rings (SSSR count). The van der Waals surface area contributed by atoms with Gasteiger partial charge in [-0.3, -0.25) is 9.10 Å². The molecule has 2 aliphatic rings. The number of hydrogen-bond acceptors (Lipinski definition) is 6. The van der Waals surface area contributed by atoms with Crippen molar-refractivity contribution in [3.05, 3.63) is 48.0 Å². The highest BCUT2D eigenvalue weighted by atomic mass is 32.2. The van der Waals surface area contributed by atoms with Crippen LogP contribution in [0.2, 0.25) is 0 Å². The van der Waals surface area contributed by atoms with E-state index in [-0.39, 0.29) is 28.6 Å². The van der Waals surface area contributed by atoms with E-state index in [9.17, 15) is 21.6 Å². The van der Waals surface area contributed by atoms with E-state index >= 15 is 0 Å². The van der Waals surface area contributed by atoms with Crippen LogP contribution >= 0.6 is 0 Å². The quantitative estimate of drug-likeness (QED) is 0.724. The average Bonchev–Trinajstić information content (AvgIpc) is 3.20. The van der Waals surface area contributed by atoms with Gasteiger partial charge in [-0.1, -0.05) is 25.1 Å². The second kappa shape index (κ2) is 6.74. The van der Waals surface area contributed by atoms with Gasteiger partial charge < -0.3 is 4.74 Å². The zero-order valence-corrected chi connectivity index (χ0v) is 17.5. The molecule has 154 valence electrons. The number of anilines is 2. The Balaban J connectivity index is 1.84. The number of carbonyl (C=O) groups is 1. The lowest BCUT2D eigenvalue weighted by Crippen LogP contribution is -2.32.